The lowest BCUT2D eigenvalue weighted by Gasteiger charge is -2.20. The van der Waals surface area contributed by atoms with E-state index in [-0.39, 0.29) is 0 Å². The number of ether oxygens (including phenoxy) is 1. The van der Waals surface area contributed by atoms with Crippen molar-refractivity contribution in [1.82, 2.24) is 0 Å². The summed E-state index contributed by atoms with van der Waals surface area (Å²) in [6.07, 6.45) is 9.14. The Bertz CT molecular complexity index is 421. The minimum atomic E-state index is 0.945. The number of allylic oxidation sites excluding steroid dienone is 5. The van der Waals surface area contributed by atoms with E-state index >= 15 is 0 Å². The summed E-state index contributed by atoms with van der Waals surface area (Å²) in [4.78, 5) is 0. The zero-order valence-corrected chi connectivity index (χ0v) is 9.73. The molecule has 1 aromatic carbocycles. The Morgan fingerprint density at radius 1 is 1.06 bits per heavy atom. The highest BCUT2D eigenvalue weighted by Gasteiger charge is 2.15. The molecule has 0 amide bonds. The third kappa shape index (κ3) is 2.08. The summed E-state index contributed by atoms with van der Waals surface area (Å²) in [5.74, 6) is 1.93. The first-order chi connectivity index (χ1) is 7.85. The van der Waals surface area contributed by atoms with Crippen LogP contribution in [0.1, 0.15) is 19.4 Å². The zero-order chi connectivity index (χ0) is 11.4. The van der Waals surface area contributed by atoms with Gasteiger partial charge in [-0.1, -0.05) is 36.4 Å². The molecule has 0 fully saturated rings. The SMILES string of the molecule is C/C=C\C1=C(/C=C\C)Oc2ccccc2C1. The van der Waals surface area contributed by atoms with E-state index in [1.165, 1.54) is 11.1 Å². The third-order valence-electron chi connectivity index (χ3n) is 2.58. The molecule has 0 bridgehead atoms. The van der Waals surface area contributed by atoms with Crippen LogP contribution in [0.5, 0.6) is 5.75 Å². The summed E-state index contributed by atoms with van der Waals surface area (Å²) in [6.45, 7) is 4.03. The van der Waals surface area contributed by atoms with Crippen LogP contribution >= 0.6 is 0 Å². The van der Waals surface area contributed by atoms with Crippen LogP contribution < -0.4 is 4.74 Å². The van der Waals surface area contributed by atoms with Gasteiger partial charge in [-0.3, -0.25) is 0 Å². The number of hydrogen-bond acceptors (Lipinski definition) is 1. The topological polar surface area (TPSA) is 9.23 Å². The van der Waals surface area contributed by atoms with Gasteiger partial charge in [0, 0.05) is 6.42 Å². The largest absolute Gasteiger partial charge is 0.457 e. The van der Waals surface area contributed by atoms with Crippen molar-refractivity contribution >= 4 is 0 Å². The van der Waals surface area contributed by atoms with E-state index in [0.29, 0.717) is 0 Å². The first kappa shape index (κ1) is 10.7. The van der Waals surface area contributed by atoms with Crippen LogP contribution in [-0.4, -0.2) is 0 Å². The minimum absolute atomic E-state index is 0.945. The molecular weight excluding hydrogens is 196 g/mol. The molecule has 0 saturated heterocycles. The van der Waals surface area contributed by atoms with Gasteiger partial charge in [0.25, 0.3) is 0 Å². The summed E-state index contributed by atoms with van der Waals surface area (Å²) < 4.78 is 5.88. The molecule has 0 saturated carbocycles. The molecule has 1 nitrogen and oxygen atoms in total. The van der Waals surface area contributed by atoms with Gasteiger partial charge in [0.15, 0.2) is 0 Å². The Labute approximate surface area is 96.8 Å². The quantitative estimate of drug-likeness (QED) is 0.719. The lowest BCUT2D eigenvalue weighted by molar-refractivity contribution is 0.422. The molecule has 0 aromatic heterocycles. The van der Waals surface area contributed by atoms with E-state index in [2.05, 4.69) is 24.3 Å². The van der Waals surface area contributed by atoms with E-state index < -0.39 is 0 Å². The maximum absolute atomic E-state index is 5.88. The van der Waals surface area contributed by atoms with Gasteiger partial charge in [0.2, 0.25) is 0 Å². The second-order valence-electron chi connectivity index (χ2n) is 3.78. The van der Waals surface area contributed by atoms with Crippen LogP contribution in [0.4, 0.5) is 0 Å². The van der Waals surface area contributed by atoms with Crippen molar-refractivity contribution in [2.75, 3.05) is 0 Å². The minimum Gasteiger partial charge on any atom is -0.457 e. The molecule has 0 atom stereocenters. The summed E-state index contributed by atoms with van der Waals surface area (Å²) in [5, 5.41) is 0. The van der Waals surface area contributed by atoms with Gasteiger partial charge in [0.1, 0.15) is 11.5 Å². The normalized spacial score (nSPS) is 15.6. The van der Waals surface area contributed by atoms with Crippen LogP contribution in [0, 0.1) is 0 Å². The molecule has 0 unspecified atom stereocenters. The second-order valence-corrected chi connectivity index (χ2v) is 3.78. The highest BCUT2D eigenvalue weighted by atomic mass is 16.5. The van der Waals surface area contributed by atoms with Crippen molar-refractivity contribution in [1.29, 1.82) is 0 Å². The summed E-state index contributed by atoms with van der Waals surface area (Å²) in [5.41, 5.74) is 2.49. The summed E-state index contributed by atoms with van der Waals surface area (Å²) in [7, 11) is 0. The Kier molecular flexibility index (Phi) is 3.25. The molecule has 0 radical (unpaired) electrons. The highest BCUT2D eigenvalue weighted by Crippen LogP contribution is 2.30. The molecule has 0 N–H and O–H groups in total. The molecule has 82 valence electrons. The average molecular weight is 212 g/mol. The first-order valence-corrected chi connectivity index (χ1v) is 5.59. The summed E-state index contributed by atoms with van der Waals surface area (Å²) >= 11 is 0. The van der Waals surface area contributed by atoms with E-state index in [9.17, 15) is 0 Å². The lowest BCUT2D eigenvalue weighted by atomic mass is 10.00. The van der Waals surface area contributed by atoms with Crippen LogP contribution in [-0.2, 0) is 6.42 Å². The molecule has 1 heterocycles. The Balaban J connectivity index is 2.40. The molecule has 1 aliphatic rings. The number of hydrogen-bond donors (Lipinski definition) is 0. The van der Waals surface area contributed by atoms with Crippen molar-refractivity contribution in [3.8, 4) is 5.75 Å². The van der Waals surface area contributed by atoms with Crippen molar-refractivity contribution < 1.29 is 4.74 Å². The molecule has 2 rings (SSSR count). The van der Waals surface area contributed by atoms with Crippen molar-refractivity contribution in [3.05, 3.63) is 65.5 Å². The van der Waals surface area contributed by atoms with Gasteiger partial charge >= 0.3 is 0 Å². The van der Waals surface area contributed by atoms with Crippen LogP contribution in [0.15, 0.2) is 59.9 Å². The van der Waals surface area contributed by atoms with E-state index in [1.807, 2.05) is 38.1 Å². The predicted octanol–water partition coefficient (Wildman–Crippen LogP) is 4.03. The van der Waals surface area contributed by atoms with Gasteiger partial charge in [-0.25, -0.2) is 0 Å². The fraction of sp³-hybridized carbons (Fsp3) is 0.200. The average Bonchev–Trinajstić information content (AvgIpc) is 2.30. The molecule has 0 spiro atoms. The highest BCUT2D eigenvalue weighted by molar-refractivity contribution is 5.46. The Hall–Kier alpha value is -1.76. The molecular formula is C15H16O. The predicted molar refractivity (Wildman–Crippen MR) is 67.4 cm³/mol. The zero-order valence-electron chi connectivity index (χ0n) is 9.73. The fourth-order valence-corrected chi connectivity index (χ4v) is 1.86. The second kappa shape index (κ2) is 4.84. The number of rotatable bonds is 2. The monoisotopic (exact) mass is 212 g/mol. The smallest absolute Gasteiger partial charge is 0.130 e. The first-order valence-electron chi connectivity index (χ1n) is 5.59. The number of benzene rings is 1. The van der Waals surface area contributed by atoms with Crippen molar-refractivity contribution in [2.24, 2.45) is 0 Å². The molecule has 0 aliphatic carbocycles. The van der Waals surface area contributed by atoms with Gasteiger partial charge < -0.3 is 4.74 Å². The fourth-order valence-electron chi connectivity index (χ4n) is 1.86. The Morgan fingerprint density at radius 3 is 2.56 bits per heavy atom. The molecule has 16 heavy (non-hydrogen) atoms. The molecule has 1 heteroatoms. The van der Waals surface area contributed by atoms with Crippen LogP contribution in [0.3, 0.4) is 0 Å². The Morgan fingerprint density at radius 2 is 1.81 bits per heavy atom. The maximum atomic E-state index is 5.88. The molecule has 1 aliphatic heterocycles. The van der Waals surface area contributed by atoms with Crippen LogP contribution in [0.2, 0.25) is 0 Å². The standard InChI is InChI=1S/C15H16O/c1-3-7-12-11-13-9-5-6-10-15(13)16-14(12)8-4-2/h3-10H,11H2,1-2H3/b7-3-,8-4-. The van der Waals surface area contributed by atoms with Crippen molar-refractivity contribution in [2.45, 2.75) is 20.3 Å². The third-order valence-corrected chi connectivity index (χ3v) is 2.58. The van der Waals surface area contributed by atoms with Gasteiger partial charge in [-0.05, 0) is 37.1 Å². The van der Waals surface area contributed by atoms with E-state index in [0.717, 1.165) is 17.9 Å². The van der Waals surface area contributed by atoms with Gasteiger partial charge in [-0.2, -0.15) is 0 Å². The van der Waals surface area contributed by atoms with E-state index in [4.69, 9.17) is 4.74 Å². The number of fused-ring (bicyclic) bond motifs is 1. The lowest BCUT2D eigenvalue weighted by Crippen LogP contribution is -2.07. The van der Waals surface area contributed by atoms with Crippen LogP contribution in [0.25, 0.3) is 0 Å². The molecule has 1 aromatic rings. The summed E-state index contributed by atoms with van der Waals surface area (Å²) in [6, 6.07) is 8.19. The van der Waals surface area contributed by atoms with Crippen molar-refractivity contribution in [3.63, 3.8) is 0 Å². The van der Waals surface area contributed by atoms with E-state index in [1.54, 1.807) is 0 Å². The van der Waals surface area contributed by atoms with Gasteiger partial charge in [0.05, 0.1) is 0 Å². The number of para-hydroxylation sites is 1. The maximum Gasteiger partial charge on any atom is 0.130 e. The van der Waals surface area contributed by atoms with Gasteiger partial charge in [-0.15, -0.1) is 0 Å².